The number of allylic oxidation sites excluding steroid dienone is 1. The van der Waals surface area contributed by atoms with Gasteiger partial charge in [-0.25, -0.2) is 4.99 Å². The van der Waals surface area contributed by atoms with Crippen LogP contribution in [0.2, 0.25) is 0 Å². The third-order valence-electron chi connectivity index (χ3n) is 3.22. The molecule has 0 amide bonds. The fourth-order valence-electron chi connectivity index (χ4n) is 2.22. The minimum atomic E-state index is -2.24. The zero-order chi connectivity index (χ0) is 11.8. The van der Waals surface area contributed by atoms with E-state index in [-0.39, 0.29) is 0 Å². The van der Waals surface area contributed by atoms with E-state index >= 15 is 0 Å². The molecular weight excluding hydrogens is 219 g/mol. The first-order valence-electron chi connectivity index (χ1n) is 5.86. The maximum Gasteiger partial charge on any atom is 0.138 e. The highest BCUT2D eigenvalue weighted by atomic mass is 31.2. The molecule has 3 nitrogen and oxygen atoms in total. The predicted molar refractivity (Wildman–Crippen MR) is 70.1 cm³/mol. The van der Waals surface area contributed by atoms with Crippen molar-refractivity contribution in [3.05, 3.63) is 11.0 Å². The van der Waals surface area contributed by atoms with Gasteiger partial charge in [-0.3, -0.25) is 4.99 Å². The molecule has 0 aromatic carbocycles. The molecule has 0 atom stereocenters. The molecular formula is C12H19N2OP. The summed E-state index contributed by atoms with van der Waals surface area (Å²) in [5.41, 5.74) is 2.71. The molecule has 0 heterocycles. The third kappa shape index (κ3) is 2.06. The number of hydrogen-bond donors (Lipinski definition) is 0. The van der Waals surface area contributed by atoms with Crippen molar-refractivity contribution in [1.29, 1.82) is 0 Å². The molecule has 2 aliphatic carbocycles. The lowest BCUT2D eigenvalue weighted by molar-refractivity contribution is 0.576. The summed E-state index contributed by atoms with van der Waals surface area (Å²) in [5.74, 6) is 0. The zero-order valence-corrected chi connectivity index (χ0v) is 10.9. The van der Waals surface area contributed by atoms with Gasteiger partial charge in [-0.15, -0.1) is 0 Å². The van der Waals surface area contributed by atoms with Crippen LogP contribution in [0.1, 0.15) is 39.5 Å². The number of rotatable bonds is 5. The normalized spacial score (nSPS) is 21.1. The van der Waals surface area contributed by atoms with Crippen LogP contribution in [0.3, 0.4) is 0 Å². The van der Waals surface area contributed by atoms with E-state index < -0.39 is 7.14 Å². The van der Waals surface area contributed by atoms with Crippen LogP contribution < -0.4 is 0 Å². The highest BCUT2D eigenvalue weighted by Crippen LogP contribution is 2.75. The fourth-order valence-corrected chi connectivity index (χ4v) is 6.28. The minimum Gasteiger partial charge on any atom is -0.316 e. The second-order valence-corrected chi connectivity index (χ2v) is 8.23. The quantitative estimate of drug-likeness (QED) is 0.409. The molecule has 2 aliphatic rings. The summed E-state index contributed by atoms with van der Waals surface area (Å²) >= 11 is 0. The van der Waals surface area contributed by atoms with Gasteiger partial charge in [0, 0.05) is 11.3 Å². The molecule has 2 fully saturated rings. The molecule has 2 rings (SSSR count). The molecule has 0 bridgehead atoms. The lowest BCUT2D eigenvalue weighted by Gasteiger charge is -2.19. The van der Waals surface area contributed by atoms with Crippen LogP contribution in [-0.4, -0.2) is 24.4 Å². The second kappa shape index (κ2) is 4.29. The van der Waals surface area contributed by atoms with Crippen molar-refractivity contribution in [1.82, 2.24) is 0 Å². The van der Waals surface area contributed by atoms with E-state index in [0.717, 1.165) is 36.7 Å². The first-order valence-corrected chi connectivity index (χ1v) is 7.71. The van der Waals surface area contributed by atoms with Crippen LogP contribution >= 0.6 is 7.14 Å². The lowest BCUT2D eigenvalue weighted by Crippen LogP contribution is -1.99. The number of nitrogens with zero attached hydrogens (tertiary/aromatic N) is 2. The van der Waals surface area contributed by atoms with Gasteiger partial charge >= 0.3 is 0 Å². The van der Waals surface area contributed by atoms with Crippen molar-refractivity contribution in [2.24, 2.45) is 9.98 Å². The summed E-state index contributed by atoms with van der Waals surface area (Å²) < 4.78 is 13.2. The maximum atomic E-state index is 13.2. The van der Waals surface area contributed by atoms with Crippen molar-refractivity contribution < 1.29 is 4.57 Å². The molecule has 0 saturated heterocycles. The van der Waals surface area contributed by atoms with Gasteiger partial charge in [-0.2, -0.15) is 0 Å². The minimum absolute atomic E-state index is 0.409. The topological polar surface area (TPSA) is 41.8 Å². The van der Waals surface area contributed by atoms with E-state index in [2.05, 4.69) is 16.7 Å². The SMILES string of the molecule is C=NC=NC(=C(C)C)P(=O)(C1CC1)C1CC1. The zero-order valence-electron chi connectivity index (χ0n) is 10.0. The molecule has 2 saturated carbocycles. The Morgan fingerprint density at radius 1 is 1.25 bits per heavy atom. The Labute approximate surface area is 97.1 Å². The van der Waals surface area contributed by atoms with Gasteiger partial charge in [-0.05, 0) is 51.8 Å². The first kappa shape index (κ1) is 11.8. The maximum absolute atomic E-state index is 13.2. The Balaban J connectivity index is 2.36. The summed E-state index contributed by atoms with van der Waals surface area (Å²) in [5, 5.41) is 0. The molecule has 0 N–H and O–H groups in total. The van der Waals surface area contributed by atoms with E-state index in [0.29, 0.717) is 11.3 Å². The van der Waals surface area contributed by atoms with Crippen LogP contribution in [0, 0.1) is 0 Å². The predicted octanol–water partition coefficient (Wildman–Crippen LogP) is 3.65. The van der Waals surface area contributed by atoms with E-state index in [1.54, 1.807) is 0 Å². The summed E-state index contributed by atoms with van der Waals surface area (Å²) in [6.45, 7) is 7.37. The highest BCUT2D eigenvalue weighted by Gasteiger charge is 2.53. The molecule has 88 valence electrons. The van der Waals surface area contributed by atoms with Gasteiger partial charge in [0.25, 0.3) is 0 Å². The van der Waals surface area contributed by atoms with Crippen molar-refractivity contribution >= 4 is 20.2 Å². The third-order valence-corrected chi connectivity index (χ3v) is 7.65. The molecule has 0 aliphatic heterocycles. The number of hydrogen-bond acceptors (Lipinski definition) is 2. The second-order valence-electron chi connectivity index (χ2n) is 4.92. The summed E-state index contributed by atoms with van der Waals surface area (Å²) in [6.07, 6.45) is 5.88. The average Bonchev–Trinajstić information content (AvgIpc) is 3.06. The Kier molecular flexibility index (Phi) is 3.16. The summed E-state index contributed by atoms with van der Waals surface area (Å²) in [6, 6.07) is 0. The monoisotopic (exact) mass is 238 g/mol. The van der Waals surface area contributed by atoms with Gasteiger partial charge in [0.1, 0.15) is 18.9 Å². The van der Waals surface area contributed by atoms with Crippen LogP contribution in [-0.2, 0) is 4.57 Å². The molecule has 0 unspecified atom stereocenters. The van der Waals surface area contributed by atoms with Crippen LogP contribution in [0.15, 0.2) is 21.0 Å². The lowest BCUT2D eigenvalue weighted by atomic mass is 10.4. The first-order chi connectivity index (χ1) is 7.60. The van der Waals surface area contributed by atoms with Crippen LogP contribution in [0.25, 0.3) is 0 Å². The smallest absolute Gasteiger partial charge is 0.138 e. The average molecular weight is 238 g/mol. The molecule has 0 aromatic heterocycles. The van der Waals surface area contributed by atoms with Crippen molar-refractivity contribution in [3.63, 3.8) is 0 Å². The van der Waals surface area contributed by atoms with E-state index in [1.807, 2.05) is 13.8 Å². The summed E-state index contributed by atoms with van der Waals surface area (Å²) in [7, 11) is -2.24. The van der Waals surface area contributed by atoms with Crippen molar-refractivity contribution in [3.8, 4) is 0 Å². The molecule has 4 heteroatoms. The standard InChI is InChI=1S/C12H19N2OP/c1-9(2)12(14-8-13-3)16(15,10-4-5-10)11-6-7-11/h8,10-11H,3-7H2,1-2H3. The molecule has 0 spiro atoms. The Bertz CT molecular complexity index is 383. The van der Waals surface area contributed by atoms with Crippen molar-refractivity contribution in [2.45, 2.75) is 50.8 Å². The summed E-state index contributed by atoms with van der Waals surface area (Å²) in [4.78, 5) is 7.93. The van der Waals surface area contributed by atoms with Gasteiger partial charge in [0.05, 0.1) is 0 Å². The van der Waals surface area contributed by atoms with E-state index in [9.17, 15) is 4.57 Å². The number of aliphatic imine (C=N–C) groups is 2. The molecule has 0 radical (unpaired) electrons. The van der Waals surface area contributed by atoms with Crippen LogP contribution in [0.4, 0.5) is 0 Å². The molecule has 16 heavy (non-hydrogen) atoms. The van der Waals surface area contributed by atoms with Gasteiger partial charge in [0.15, 0.2) is 0 Å². The van der Waals surface area contributed by atoms with Gasteiger partial charge < -0.3 is 4.57 Å². The Hall–Kier alpha value is -0.690. The highest BCUT2D eigenvalue weighted by molar-refractivity contribution is 7.70. The largest absolute Gasteiger partial charge is 0.316 e. The fraction of sp³-hybridized carbons (Fsp3) is 0.667. The van der Waals surface area contributed by atoms with E-state index in [4.69, 9.17) is 0 Å². The van der Waals surface area contributed by atoms with E-state index in [1.165, 1.54) is 6.34 Å². The van der Waals surface area contributed by atoms with Crippen molar-refractivity contribution in [2.75, 3.05) is 0 Å². The van der Waals surface area contributed by atoms with Crippen LogP contribution in [0.5, 0.6) is 0 Å². The Morgan fingerprint density at radius 2 is 1.75 bits per heavy atom. The Morgan fingerprint density at radius 3 is 2.06 bits per heavy atom. The van der Waals surface area contributed by atoms with Gasteiger partial charge in [0.2, 0.25) is 0 Å². The van der Waals surface area contributed by atoms with Gasteiger partial charge in [-0.1, -0.05) is 0 Å². The molecule has 0 aromatic rings.